The molecule has 0 spiro atoms. The maximum atomic E-state index is 11.7. The zero-order chi connectivity index (χ0) is 21.7. The van der Waals surface area contributed by atoms with Crippen LogP contribution < -0.4 is 10.3 Å². The molecule has 0 aliphatic carbocycles. The van der Waals surface area contributed by atoms with Crippen LogP contribution in [0.3, 0.4) is 0 Å². The molecule has 0 atom stereocenters. The molecular weight excluding hydrogens is 396 g/mol. The van der Waals surface area contributed by atoms with Gasteiger partial charge in [0.1, 0.15) is 18.2 Å². The first-order valence-corrected chi connectivity index (χ1v) is 8.45. The minimum atomic E-state index is -1.06. The van der Waals surface area contributed by atoms with Crippen LogP contribution in [0.25, 0.3) is 12.2 Å². The fraction of sp³-hybridized carbons (Fsp3) is 0.0526. The predicted molar refractivity (Wildman–Crippen MR) is 106 cm³/mol. The Morgan fingerprint density at radius 3 is 2.43 bits per heavy atom. The molecule has 0 saturated carbocycles. The van der Waals surface area contributed by atoms with Crippen LogP contribution in [0.5, 0.6) is 11.6 Å². The fourth-order valence-electron chi connectivity index (χ4n) is 2.48. The molecular formula is C19H14N4O7. The van der Waals surface area contributed by atoms with Crippen molar-refractivity contribution in [3.05, 3.63) is 96.1 Å². The van der Waals surface area contributed by atoms with Crippen LogP contribution in [0.2, 0.25) is 0 Å². The van der Waals surface area contributed by atoms with E-state index in [4.69, 9.17) is 4.74 Å². The summed E-state index contributed by atoms with van der Waals surface area (Å²) >= 11 is 0. The van der Waals surface area contributed by atoms with Gasteiger partial charge in [-0.3, -0.25) is 25.0 Å². The van der Waals surface area contributed by atoms with Crippen LogP contribution in [-0.2, 0) is 6.61 Å². The topological polar surface area (TPSA) is 161 Å². The molecule has 0 unspecified atom stereocenters. The lowest BCUT2D eigenvalue weighted by Crippen LogP contribution is -2.14. The molecule has 0 bridgehead atoms. The number of H-pyrrole nitrogens is 1. The molecule has 0 saturated heterocycles. The van der Waals surface area contributed by atoms with E-state index in [0.717, 1.165) is 5.56 Å². The van der Waals surface area contributed by atoms with Crippen molar-refractivity contribution >= 4 is 23.5 Å². The fourth-order valence-corrected chi connectivity index (χ4v) is 2.48. The minimum Gasteiger partial charge on any atom is -0.489 e. The van der Waals surface area contributed by atoms with Crippen molar-refractivity contribution in [2.24, 2.45) is 0 Å². The third kappa shape index (κ3) is 4.84. The second-order valence-corrected chi connectivity index (χ2v) is 6.00. The molecule has 3 rings (SSSR count). The Balaban J connectivity index is 1.70. The van der Waals surface area contributed by atoms with E-state index in [1.54, 1.807) is 42.5 Å². The van der Waals surface area contributed by atoms with Gasteiger partial charge >= 0.3 is 11.2 Å². The molecule has 2 N–H and O–H groups in total. The minimum absolute atomic E-state index is 0.00480. The molecule has 11 heteroatoms. The predicted octanol–water partition coefficient (Wildman–Crippen LogP) is 3.04. The molecule has 30 heavy (non-hydrogen) atoms. The van der Waals surface area contributed by atoms with Crippen molar-refractivity contribution in [2.45, 2.75) is 6.61 Å². The van der Waals surface area contributed by atoms with E-state index in [2.05, 4.69) is 9.97 Å². The second kappa shape index (κ2) is 8.65. The lowest BCUT2D eigenvalue weighted by molar-refractivity contribution is -0.387. The van der Waals surface area contributed by atoms with E-state index in [1.165, 1.54) is 18.2 Å². The van der Waals surface area contributed by atoms with Crippen LogP contribution in [0.4, 0.5) is 11.4 Å². The SMILES string of the molecule is O=c1[nH]c(/C=C\c2cccc(OCc3ccc([N+](=O)[O-])cc3)c2)nc(O)c1[N+](=O)[O-]. The maximum Gasteiger partial charge on any atom is 0.395 e. The number of aromatic nitrogens is 2. The van der Waals surface area contributed by atoms with Crippen LogP contribution in [-0.4, -0.2) is 24.9 Å². The Labute approximate surface area is 168 Å². The molecule has 2 aromatic carbocycles. The highest BCUT2D eigenvalue weighted by Crippen LogP contribution is 2.20. The summed E-state index contributed by atoms with van der Waals surface area (Å²) in [6.07, 6.45) is 2.95. The van der Waals surface area contributed by atoms with E-state index < -0.39 is 27.0 Å². The lowest BCUT2D eigenvalue weighted by atomic mass is 10.2. The molecule has 3 aromatic rings. The first-order chi connectivity index (χ1) is 14.3. The summed E-state index contributed by atoms with van der Waals surface area (Å²) in [7, 11) is 0. The van der Waals surface area contributed by atoms with E-state index in [-0.39, 0.29) is 18.1 Å². The number of aromatic amines is 1. The van der Waals surface area contributed by atoms with Gasteiger partial charge in [0, 0.05) is 12.1 Å². The zero-order valence-corrected chi connectivity index (χ0v) is 15.2. The van der Waals surface area contributed by atoms with Crippen molar-refractivity contribution in [1.82, 2.24) is 9.97 Å². The number of nitrogens with one attached hydrogen (secondary N) is 1. The van der Waals surface area contributed by atoms with Crippen LogP contribution in [0.15, 0.2) is 53.3 Å². The van der Waals surface area contributed by atoms with E-state index in [0.29, 0.717) is 11.3 Å². The summed E-state index contributed by atoms with van der Waals surface area (Å²) in [6, 6.07) is 12.9. The quantitative estimate of drug-likeness (QED) is 0.443. The van der Waals surface area contributed by atoms with Gasteiger partial charge in [0.15, 0.2) is 0 Å². The average Bonchev–Trinajstić information content (AvgIpc) is 2.70. The maximum absolute atomic E-state index is 11.7. The third-order valence-corrected chi connectivity index (χ3v) is 3.92. The summed E-state index contributed by atoms with van der Waals surface area (Å²) in [5.74, 6) is -0.493. The summed E-state index contributed by atoms with van der Waals surface area (Å²) in [5, 5.41) is 30.9. The van der Waals surface area contributed by atoms with Gasteiger partial charge in [0.25, 0.3) is 11.6 Å². The molecule has 0 aliphatic rings. The van der Waals surface area contributed by atoms with Gasteiger partial charge in [0.2, 0.25) is 0 Å². The number of nitro benzene ring substituents is 1. The Morgan fingerprint density at radius 1 is 1.07 bits per heavy atom. The Bertz CT molecular complexity index is 1190. The summed E-state index contributed by atoms with van der Waals surface area (Å²) in [4.78, 5) is 37.3. The number of nitrogens with zero attached hydrogens (tertiary/aromatic N) is 3. The van der Waals surface area contributed by atoms with Gasteiger partial charge in [-0.2, -0.15) is 4.98 Å². The number of hydrogen-bond acceptors (Lipinski definition) is 8. The monoisotopic (exact) mass is 410 g/mol. The molecule has 1 aromatic heterocycles. The van der Waals surface area contributed by atoms with E-state index in [1.807, 2.05) is 0 Å². The molecule has 0 fully saturated rings. The Morgan fingerprint density at radius 2 is 1.80 bits per heavy atom. The molecule has 0 amide bonds. The first-order valence-electron chi connectivity index (χ1n) is 8.45. The molecule has 0 radical (unpaired) electrons. The Kier molecular flexibility index (Phi) is 5.82. The highest BCUT2D eigenvalue weighted by atomic mass is 16.6. The lowest BCUT2D eigenvalue weighted by Gasteiger charge is -2.07. The number of non-ortho nitro benzene ring substituents is 1. The first kappa shape index (κ1) is 20.2. The summed E-state index contributed by atoms with van der Waals surface area (Å²) in [5.41, 5.74) is -0.655. The van der Waals surface area contributed by atoms with Crippen molar-refractivity contribution in [3.63, 3.8) is 0 Å². The molecule has 152 valence electrons. The summed E-state index contributed by atoms with van der Waals surface area (Å²) < 4.78 is 5.67. The van der Waals surface area contributed by atoms with E-state index in [9.17, 15) is 30.1 Å². The number of nitro groups is 2. The summed E-state index contributed by atoms with van der Waals surface area (Å²) in [6.45, 7) is 0.205. The molecule has 0 aliphatic heterocycles. The van der Waals surface area contributed by atoms with Gasteiger partial charge in [-0.1, -0.05) is 18.2 Å². The van der Waals surface area contributed by atoms with Crippen molar-refractivity contribution in [2.75, 3.05) is 0 Å². The van der Waals surface area contributed by atoms with Crippen molar-refractivity contribution < 1.29 is 19.7 Å². The smallest absolute Gasteiger partial charge is 0.395 e. The number of hydrogen-bond donors (Lipinski definition) is 2. The van der Waals surface area contributed by atoms with Gasteiger partial charge in [-0.05, 0) is 41.5 Å². The van der Waals surface area contributed by atoms with Gasteiger partial charge in [-0.25, -0.2) is 0 Å². The van der Waals surface area contributed by atoms with Crippen LogP contribution in [0.1, 0.15) is 17.0 Å². The number of aromatic hydroxyl groups is 1. The van der Waals surface area contributed by atoms with Crippen LogP contribution >= 0.6 is 0 Å². The average molecular weight is 410 g/mol. The van der Waals surface area contributed by atoms with Gasteiger partial charge in [0.05, 0.1) is 9.85 Å². The van der Waals surface area contributed by atoms with Gasteiger partial charge < -0.3 is 14.8 Å². The number of rotatable bonds is 7. The van der Waals surface area contributed by atoms with Crippen molar-refractivity contribution in [3.8, 4) is 11.6 Å². The number of ether oxygens (including phenoxy) is 1. The highest BCUT2D eigenvalue weighted by molar-refractivity contribution is 5.67. The second-order valence-electron chi connectivity index (χ2n) is 6.00. The standard InChI is InChI=1S/C19H14N4O7/c24-18-17(23(28)29)19(25)21-16(20-18)9-6-12-2-1-3-15(10-12)30-11-13-4-7-14(8-5-13)22(26)27/h1-10H,11H2,(H2,20,21,24,25)/b9-6-. The van der Waals surface area contributed by atoms with Crippen molar-refractivity contribution in [1.29, 1.82) is 0 Å². The molecule has 1 heterocycles. The number of benzene rings is 2. The van der Waals surface area contributed by atoms with Gasteiger partial charge in [-0.15, -0.1) is 0 Å². The van der Waals surface area contributed by atoms with E-state index >= 15 is 0 Å². The Hall–Kier alpha value is -4.54. The largest absolute Gasteiger partial charge is 0.489 e. The zero-order valence-electron chi connectivity index (χ0n) is 15.2. The van der Waals surface area contributed by atoms with Crippen LogP contribution in [0, 0.1) is 20.2 Å². The third-order valence-electron chi connectivity index (χ3n) is 3.92. The highest BCUT2D eigenvalue weighted by Gasteiger charge is 2.21. The normalized spacial score (nSPS) is 10.8. The molecule has 11 nitrogen and oxygen atoms in total.